The molecule has 0 aliphatic rings. The monoisotopic (exact) mass is 485 g/mol. The van der Waals surface area contributed by atoms with Crippen molar-refractivity contribution >= 4 is 131 Å². The van der Waals surface area contributed by atoms with Crippen molar-refractivity contribution < 1.29 is 4.39 Å². The summed E-state index contributed by atoms with van der Waals surface area (Å²) in [5.74, 6) is -0.299. The van der Waals surface area contributed by atoms with Gasteiger partial charge in [-0.15, -0.1) is 10.9 Å². The van der Waals surface area contributed by atoms with Crippen molar-refractivity contribution in [3.8, 4) is 16.8 Å². The summed E-state index contributed by atoms with van der Waals surface area (Å²) >= 11 is 3.42. The molecule has 0 atom stereocenters. The maximum Gasteiger partial charge on any atom is 0.123 e. The molecule has 1 aromatic heterocycles. The third-order valence-corrected chi connectivity index (χ3v) is 7.01. The smallest absolute Gasteiger partial charge is 0.123 e. The van der Waals surface area contributed by atoms with Crippen LogP contribution in [-0.2, 0) is 0 Å². The van der Waals surface area contributed by atoms with Crippen molar-refractivity contribution in [3.63, 3.8) is 0 Å². The first-order valence-corrected chi connectivity index (χ1v) is 11.0. The van der Waals surface area contributed by atoms with E-state index in [0.29, 0.717) is 42.9 Å². The predicted molar refractivity (Wildman–Crippen MR) is 152 cm³/mol. The summed E-state index contributed by atoms with van der Waals surface area (Å²) in [7, 11) is 44.5. The lowest BCUT2D eigenvalue weighted by atomic mass is 9.65. The van der Waals surface area contributed by atoms with Gasteiger partial charge in [-0.25, -0.2) is 4.39 Å². The number of rotatable bonds is 2. The number of aromatic nitrogens is 1. The maximum absolute atomic E-state index is 13.3. The summed E-state index contributed by atoms with van der Waals surface area (Å²) in [5.41, 5.74) is 5.30. The van der Waals surface area contributed by atoms with E-state index in [-0.39, 0.29) is 33.1 Å². The van der Waals surface area contributed by atoms with E-state index in [1.165, 1.54) is 12.1 Å². The lowest BCUT2D eigenvalue weighted by Crippen LogP contribution is -2.48. The van der Waals surface area contributed by atoms with Crippen LogP contribution in [0.1, 0.15) is 0 Å². The van der Waals surface area contributed by atoms with Crippen molar-refractivity contribution in [1.29, 1.82) is 0 Å². The van der Waals surface area contributed by atoms with Crippen LogP contribution in [0.5, 0.6) is 0 Å². The second-order valence-electron chi connectivity index (χ2n) is 8.05. The third kappa shape index (κ3) is 3.29. The predicted octanol–water partition coefficient (Wildman–Crippen LogP) is -1.09. The normalized spacial score (nSPS) is 11.5. The molecule has 1 heterocycles. The van der Waals surface area contributed by atoms with Gasteiger partial charge in [0.1, 0.15) is 60.7 Å². The molecular formula is C24H8B7BrFN. The van der Waals surface area contributed by atoms with Gasteiger partial charge in [-0.3, -0.25) is 0 Å². The Balaban J connectivity index is 1.91. The van der Waals surface area contributed by atoms with E-state index in [1.54, 1.807) is 12.1 Å². The summed E-state index contributed by atoms with van der Waals surface area (Å²) in [5, 5.41) is 1.10. The highest BCUT2D eigenvalue weighted by molar-refractivity contribution is 9.10. The average Bonchev–Trinajstić information content (AvgIpc) is 3.20. The maximum atomic E-state index is 13.3. The van der Waals surface area contributed by atoms with Gasteiger partial charge in [0, 0.05) is 26.6 Å². The number of fused-ring (bicyclic) bond motifs is 3. The van der Waals surface area contributed by atoms with Crippen molar-refractivity contribution in [3.05, 3.63) is 58.8 Å². The van der Waals surface area contributed by atoms with E-state index < -0.39 is 0 Å². The zero-order chi connectivity index (χ0) is 24.5. The van der Waals surface area contributed by atoms with Gasteiger partial charge in [0.15, 0.2) is 0 Å². The van der Waals surface area contributed by atoms with E-state index in [2.05, 4.69) is 15.9 Å². The van der Waals surface area contributed by atoms with Crippen LogP contribution in [0.2, 0.25) is 0 Å². The van der Waals surface area contributed by atoms with Crippen molar-refractivity contribution in [1.82, 2.24) is 4.57 Å². The summed E-state index contributed by atoms with van der Waals surface area (Å²) in [6.07, 6.45) is 0. The molecule has 0 saturated carbocycles. The Morgan fingerprint density at radius 2 is 0.971 bits per heavy atom. The molecular weight excluding hydrogens is 477 g/mol. The number of halogens is 2. The van der Waals surface area contributed by atoms with Crippen LogP contribution < -0.4 is 38.2 Å². The van der Waals surface area contributed by atoms with E-state index in [1.807, 2.05) is 28.8 Å². The number of benzene rings is 4. The van der Waals surface area contributed by atoms with Crippen LogP contribution in [0.4, 0.5) is 4.39 Å². The zero-order valence-electron chi connectivity index (χ0n) is 17.9. The minimum absolute atomic E-state index is 0.168. The van der Waals surface area contributed by atoms with Gasteiger partial charge in [-0.05, 0) is 40.8 Å². The van der Waals surface area contributed by atoms with Crippen molar-refractivity contribution in [2.75, 3.05) is 0 Å². The van der Waals surface area contributed by atoms with Gasteiger partial charge in [-0.1, -0.05) is 67.5 Å². The van der Waals surface area contributed by atoms with E-state index in [0.717, 1.165) is 11.1 Å². The van der Waals surface area contributed by atoms with Crippen molar-refractivity contribution in [2.45, 2.75) is 0 Å². The van der Waals surface area contributed by atoms with Crippen LogP contribution in [-0.4, -0.2) is 59.5 Å². The molecule has 144 valence electrons. The highest BCUT2D eigenvalue weighted by Crippen LogP contribution is 2.29. The Kier molecular flexibility index (Phi) is 5.71. The minimum atomic E-state index is -0.299. The first-order chi connectivity index (χ1) is 16.1. The topological polar surface area (TPSA) is 4.93 Å². The van der Waals surface area contributed by atoms with Gasteiger partial charge in [0.2, 0.25) is 0 Å². The van der Waals surface area contributed by atoms with E-state index in [4.69, 9.17) is 54.9 Å². The number of nitrogens with zero attached hydrogens (tertiary/aromatic N) is 1. The van der Waals surface area contributed by atoms with Crippen LogP contribution in [0.3, 0.4) is 0 Å². The molecule has 0 spiro atoms. The molecule has 0 fully saturated rings. The summed E-state index contributed by atoms with van der Waals surface area (Å²) in [4.78, 5) is 0. The van der Waals surface area contributed by atoms with Gasteiger partial charge < -0.3 is 4.57 Å². The largest absolute Gasteiger partial charge is 0.311 e. The molecule has 0 aliphatic carbocycles. The van der Waals surface area contributed by atoms with Crippen LogP contribution in [0.25, 0.3) is 38.6 Å². The fourth-order valence-electron chi connectivity index (χ4n) is 4.36. The molecule has 5 rings (SSSR count). The standard InChI is InChI=1S/C24H8B7BrFN/c25-15-13-14-16(26)22(32)19(29)21(31)24(14)34(23(13)20(30)18(28)17(15)27)12-7-3-10(4-8-12)9-1-5-11(33)6-2-9/h1-8H. The Morgan fingerprint density at radius 1 is 0.529 bits per heavy atom. The molecule has 10 heteroatoms. The molecule has 0 amide bonds. The molecule has 0 N–H and O–H groups in total. The molecule has 5 aromatic rings. The number of hydrogen-bond acceptors (Lipinski definition) is 0. The minimum Gasteiger partial charge on any atom is -0.311 e. The highest BCUT2D eigenvalue weighted by atomic mass is 79.9. The summed E-state index contributed by atoms with van der Waals surface area (Å²) in [6, 6.07) is 13.8. The molecule has 0 bridgehead atoms. The SMILES string of the molecule is [B]c1c([B])c([B])c2c(c1[B])c1c([B])c(Br)c([B])c([B])c1n2-c1ccc(-c2ccc(F)cc2)cc1. The average molecular weight is 485 g/mol. The van der Waals surface area contributed by atoms with E-state index in [9.17, 15) is 4.39 Å². The molecule has 0 aliphatic heterocycles. The Morgan fingerprint density at radius 3 is 1.53 bits per heavy atom. The lowest BCUT2D eigenvalue weighted by Gasteiger charge is -2.17. The molecule has 1 nitrogen and oxygen atoms in total. The Bertz CT molecular complexity index is 1550. The van der Waals surface area contributed by atoms with Crippen molar-refractivity contribution in [2.24, 2.45) is 0 Å². The second-order valence-corrected chi connectivity index (χ2v) is 8.84. The summed E-state index contributed by atoms with van der Waals surface area (Å²) in [6.45, 7) is 0. The van der Waals surface area contributed by atoms with Gasteiger partial charge in [0.05, 0.1) is 0 Å². The lowest BCUT2D eigenvalue weighted by molar-refractivity contribution is 0.628. The first-order valence-electron chi connectivity index (χ1n) is 10.2. The van der Waals surface area contributed by atoms with Gasteiger partial charge >= 0.3 is 0 Å². The Hall–Kier alpha value is -2.46. The fourth-order valence-corrected chi connectivity index (χ4v) is 4.78. The molecule has 4 aromatic carbocycles. The van der Waals surface area contributed by atoms with Crippen LogP contribution >= 0.6 is 15.9 Å². The molecule has 0 saturated heterocycles. The zero-order valence-corrected chi connectivity index (χ0v) is 19.4. The van der Waals surface area contributed by atoms with Gasteiger partial charge in [0.25, 0.3) is 0 Å². The fraction of sp³-hybridized carbons (Fsp3) is 0. The quantitative estimate of drug-likeness (QED) is 0.281. The van der Waals surface area contributed by atoms with Gasteiger partial charge in [-0.2, -0.15) is 0 Å². The Labute approximate surface area is 214 Å². The molecule has 0 unspecified atom stereocenters. The third-order valence-electron chi connectivity index (χ3n) is 6.16. The van der Waals surface area contributed by atoms with Crippen LogP contribution in [0.15, 0.2) is 53.0 Å². The highest BCUT2D eigenvalue weighted by Gasteiger charge is 2.22. The van der Waals surface area contributed by atoms with Crippen LogP contribution in [0, 0.1) is 5.82 Å². The molecule has 14 radical (unpaired) electrons. The second kappa shape index (κ2) is 8.34. The first kappa shape index (κ1) is 23.3. The van der Waals surface area contributed by atoms with E-state index >= 15 is 0 Å². The number of hydrogen-bond donors (Lipinski definition) is 0. The summed E-state index contributed by atoms with van der Waals surface area (Å²) < 4.78 is 15.6. The molecule has 34 heavy (non-hydrogen) atoms.